The van der Waals surface area contributed by atoms with Gasteiger partial charge in [0.05, 0.1) is 11.4 Å². The predicted molar refractivity (Wildman–Crippen MR) is 56.9 cm³/mol. The van der Waals surface area contributed by atoms with Crippen molar-refractivity contribution in [1.82, 2.24) is 9.97 Å². The van der Waals surface area contributed by atoms with Gasteiger partial charge < -0.3 is 5.73 Å². The summed E-state index contributed by atoms with van der Waals surface area (Å²) in [6, 6.07) is 5.77. The highest BCUT2D eigenvalue weighted by Crippen LogP contribution is 2.36. The molecule has 3 nitrogen and oxygen atoms in total. The van der Waals surface area contributed by atoms with Crippen LogP contribution < -0.4 is 5.73 Å². The molecule has 2 aromatic rings. The number of anilines is 1. The molecule has 0 radical (unpaired) electrons. The number of pyridine rings is 2. The second-order valence-corrected chi connectivity index (χ2v) is 3.34. The summed E-state index contributed by atoms with van der Waals surface area (Å²) in [6.45, 7) is 0. The summed E-state index contributed by atoms with van der Waals surface area (Å²) >= 11 is 0. The number of hydrogen-bond acceptors (Lipinski definition) is 3. The Morgan fingerprint density at radius 2 is 1.65 bits per heavy atom. The molecule has 0 atom stereocenters. The van der Waals surface area contributed by atoms with Crippen molar-refractivity contribution in [2.45, 2.75) is 6.18 Å². The molecule has 0 saturated carbocycles. The van der Waals surface area contributed by atoms with E-state index in [9.17, 15) is 13.2 Å². The van der Waals surface area contributed by atoms with E-state index in [0.29, 0.717) is 0 Å². The molecule has 0 aliphatic heterocycles. The quantitative estimate of drug-likeness (QED) is 0.832. The molecule has 0 amide bonds. The van der Waals surface area contributed by atoms with Crippen molar-refractivity contribution in [3.8, 4) is 11.3 Å². The van der Waals surface area contributed by atoms with Crippen LogP contribution in [0.25, 0.3) is 11.3 Å². The zero-order valence-corrected chi connectivity index (χ0v) is 8.57. The number of alkyl halides is 3. The molecule has 2 rings (SSSR count). The second-order valence-electron chi connectivity index (χ2n) is 3.34. The average Bonchev–Trinajstić information content (AvgIpc) is 2.28. The molecule has 0 unspecified atom stereocenters. The van der Waals surface area contributed by atoms with Crippen LogP contribution in [0.2, 0.25) is 0 Å². The lowest BCUT2D eigenvalue weighted by atomic mass is 10.1. The van der Waals surface area contributed by atoms with Gasteiger partial charge in [-0.05, 0) is 24.3 Å². The molecule has 0 saturated heterocycles. The van der Waals surface area contributed by atoms with Crippen molar-refractivity contribution in [3.63, 3.8) is 0 Å². The highest BCUT2D eigenvalue weighted by Gasteiger charge is 2.36. The fourth-order valence-electron chi connectivity index (χ4n) is 1.47. The largest absolute Gasteiger partial charge is 0.434 e. The molecule has 2 heterocycles. The normalized spacial score (nSPS) is 11.5. The van der Waals surface area contributed by atoms with E-state index in [-0.39, 0.29) is 16.9 Å². The fraction of sp³-hybridized carbons (Fsp3) is 0.0909. The molecular weight excluding hydrogens is 231 g/mol. The molecule has 0 aromatic carbocycles. The van der Waals surface area contributed by atoms with E-state index < -0.39 is 11.9 Å². The summed E-state index contributed by atoms with van der Waals surface area (Å²) in [4.78, 5) is 7.20. The molecule has 6 heteroatoms. The van der Waals surface area contributed by atoms with Crippen LogP contribution in [0.4, 0.5) is 18.9 Å². The van der Waals surface area contributed by atoms with Crippen molar-refractivity contribution in [2.24, 2.45) is 0 Å². The minimum absolute atomic E-state index is 0.0907. The highest BCUT2D eigenvalue weighted by atomic mass is 19.4. The lowest BCUT2D eigenvalue weighted by Gasteiger charge is -2.11. The Labute approximate surface area is 95.1 Å². The van der Waals surface area contributed by atoms with Crippen LogP contribution in [-0.4, -0.2) is 9.97 Å². The summed E-state index contributed by atoms with van der Waals surface area (Å²) in [5, 5.41) is 0. The lowest BCUT2D eigenvalue weighted by Crippen LogP contribution is -2.10. The standard InChI is InChI=1S/C11H8F3N3/c12-11(13,14)10-7(3-1-6-17-10)9-8(15)4-2-5-16-9/h1-6H,15H2. The smallest absolute Gasteiger partial charge is 0.397 e. The van der Waals surface area contributed by atoms with Gasteiger partial charge in [0.1, 0.15) is 0 Å². The number of nitrogens with zero attached hydrogens (tertiary/aromatic N) is 2. The Morgan fingerprint density at radius 3 is 2.29 bits per heavy atom. The first-order chi connectivity index (χ1) is 8.00. The van der Waals surface area contributed by atoms with Gasteiger partial charge in [0.15, 0.2) is 5.69 Å². The Morgan fingerprint density at radius 1 is 1.00 bits per heavy atom. The van der Waals surface area contributed by atoms with E-state index in [4.69, 9.17) is 5.73 Å². The SMILES string of the molecule is Nc1cccnc1-c1cccnc1C(F)(F)F. The number of rotatable bonds is 1. The molecule has 0 bridgehead atoms. The van der Waals surface area contributed by atoms with Gasteiger partial charge in [-0.3, -0.25) is 9.97 Å². The van der Waals surface area contributed by atoms with Crippen LogP contribution in [0, 0.1) is 0 Å². The van der Waals surface area contributed by atoms with Crippen LogP contribution in [0.15, 0.2) is 36.7 Å². The predicted octanol–water partition coefficient (Wildman–Crippen LogP) is 2.74. The number of halogens is 3. The minimum Gasteiger partial charge on any atom is -0.397 e. The monoisotopic (exact) mass is 239 g/mol. The third kappa shape index (κ3) is 2.20. The van der Waals surface area contributed by atoms with Crippen LogP contribution >= 0.6 is 0 Å². The van der Waals surface area contributed by atoms with Gasteiger partial charge in [-0.15, -0.1) is 0 Å². The Hall–Kier alpha value is -2.11. The van der Waals surface area contributed by atoms with E-state index in [2.05, 4.69) is 9.97 Å². The zero-order chi connectivity index (χ0) is 12.5. The van der Waals surface area contributed by atoms with Crippen molar-refractivity contribution >= 4 is 5.69 Å². The van der Waals surface area contributed by atoms with Gasteiger partial charge in [-0.2, -0.15) is 13.2 Å². The third-order valence-electron chi connectivity index (χ3n) is 2.17. The Balaban J connectivity index is 2.65. The van der Waals surface area contributed by atoms with Gasteiger partial charge >= 0.3 is 6.18 Å². The molecule has 2 aromatic heterocycles. The van der Waals surface area contributed by atoms with Crippen molar-refractivity contribution in [1.29, 1.82) is 0 Å². The summed E-state index contributed by atoms with van der Waals surface area (Å²) in [7, 11) is 0. The summed E-state index contributed by atoms with van der Waals surface area (Å²) in [5.74, 6) is 0. The molecule has 0 fully saturated rings. The summed E-state index contributed by atoms with van der Waals surface area (Å²) < 4.78 is 38.2. The van der Waals surface area contributed by atoms with Crippen LogP contribution in [0.1, 0.15) is 5.69 Å². The van der Waals surface area contributed by atoms with Crippen molar-refractivity contribution < 1.29 is 13.2 Å². The fourth-order valence-corrected chi connectivity index (χ4v) is 1.47. The number of nitrogens with two attached hydrogens (primary N) is 1. The van der Waals surface area contributed by atoms with E-state index >= 15 is 0 Å². The van der Waals surface area contributed by atoms with Gasteiger partial charge in [0.2, 0.25) is 0 Å². The lowest BCUT2D eigenvalue weighted by molar-refractivity contribution is -0.140. The first-order valence-corrected chi connectivity index (χ1v) is 4.73. The van der Waals surface area contributed by atoms with E-state index in [0.717, 1.165) is 6.20 Å². The maximum Gasteiger partial charge on any atom is 0.434 e. The van der Waals surface area contributed by atoms with Gasteiger partial charge in [0.25, 0.3) is 0 Å². The highest BCUT2D eigenvalue weighted by molar-refractivity contribution is 5.74. The van der Waals surface area contributed by atoms with Crippen LogP contribution in [-0.2, 0) is 6.18 Å². The van der Waals surface area contributed by atoms with E-state index in [1.165, 1.54) is 24.4 Å². The maximum absolute atomic E-state index is 12.7. The minimum atomic E-state index is -4.53. The first-order valence-electron chi connectivity index (χ1n) is 4.73. The number of nitrogen functional groups attached to an aromatic ring is 1. The molecule has 2 N–H and O–H groups in total. The zero-order valence-electron chi connectivity index (χ0n) is 8.57. The van der Waals surface area contributed by atoms with E-state index in [1.54, 1.807) is 6.07 Å². The van der Waals surface area contributed by atoms with Crippen molar-refractivity contribution in [2.75, 3.05) is 5.73 Å². The number of aromatic nitrogens is 2. The van der Waals surface area contributed by atoms with Crippen molar-refractivity contribution in [3.05, 3.63) is 42.4 Å². The third-order valence-corrected chi connectivity index (χ3v) is 2.17. The second kappa shape index (κ2) is 4.04. The molecule has 0 spiro atoms. The summed E-state index contributed by atoms with van der Waals surface area (Å²) in [5.41, 5.74) is 4.79. The number of hydrogen-bond donors (Lipinski definition) is 1. The average molecular weight is 239 g/mol. The molecule has 0 aliphatic carbocycles. The summed E-state index contributed by atoms with van der Waals surface area (Å²) in [6.07, 6.45) is -2.05. The van der Waals surface area contributed by atoms with Crippen LogP contribution in [0.3, 0.4) is 0 Å². The molecule has 88 valence electrons. The first kappa shape index (κ1) is 11.4. The van der Waals surface area contributed by atoms with E-state index in [1.807, 2.05) is 0 Å². The molecular formula is C11H8F3N3. The molecule has 0 aliphatic rings. The Kier molecular flexibility index (Phi) is 2.71. The van der Waals surface area contributed by atoms with Gasteiger partial charge in [0, 0.05) is 18.0 Å². The topological polar surface area (TPSA) is 51.8 Å². The van der Waals surface area contributed by atoms with Crippen LogP contribution in [0.5, 0.6) is 0 Å². The maximum atomic E-state index is 12.7. The van der Waals surface area contributed by atoms with Gasteiger partial charge in [-0.25, -0.2) is 0 Å². The van der Waals surface area contributed by atoms with Gasteiger partial charge in [-0.1, -0.05) is 0 Å². The Bertz CT molecular complexity index is 537. The molecule has 17 heavy (non-hydrogen) atoms.